The van der Waals surface area contributed by atoms with Crippen molar-refractivity contribution < 1.29 is 27.4 Å². The van der Waals surface area contributed by atoms with Crippen LogP contribution in [-0.2, 0) is 10.0 Å². The van der Waals surface area contributed by atoms with Gasteiger partial charge in [-0.15, -0.1) is 11.3 Å². The maximum absolute atomic E-state index is 13.9. The third-order valence-corrected chi connectivity index (χ3v) is 7.45. The molecule has 1 unspecified atom stereocenters. The van der Waals surface area contributed by atoms with Crippen molar-refractivity contribution in [2.45, 2.75) is 19.4 Å². The summed E-state index contributed by atoms with van der Waals surface area (Å²) in [6, 6.07) is 3.96. The highest BCUT2D eigenvalue weighted by Gasteiger charge is 2.30. The average Bonchev–Trinajstić information content (AvgIpc) is 3.29. The topological polar surface area (TPSA) is 122 Å². The van der Waals surface area contributed by atoms with Gasteiger partial charge in [-0.3, -0.25) is 0 Å². The van der Waals surface area contributed by atoms with Crippen molar-refractivity contribution in [3.8, 4) is 5.75 Å². The molecule has 164 valence electrons. The van der Waals surface area contributed by atoms with Gasteiger partial charge in [0, 0.05) is 12.6 Å². The van der Waals surface area contributed by atoms with Gasteiger partial charge in [-0.2, -0.15) is 4.31 Å². The first-order valence-corrected chi connectivity index (χ1v) is 12.0. The molecule has 0 saturated carbocycles. The van der Waals surface area contributed by atoms with Crippen LogP contribution in [0.2, 0.25) is 0 Å². The number of sulfonamides is 1. The maximum Gasteiger partial charge on any atom is 0.346 e. The number of aromatic carboxylic acids is 1. The van der Waals surface area contributed by atoms with Gasteiger partial charge in [-0.1, -0.05) is 0 Å². The lowest BCUT2D eigenvalue weighted by Crippen LogP contribution is -2.30. The van der Waals surface area contributed by atoms with Crippen LogP contribution in [0.25, 0.3) is 10.2 Å². The van der Waals surface area contributed by atoms with E-state index in [-0.39, 0.29) is 17.2 Å². The van der Waals surface area contributed by atoms with E-state index in [1.165, 1.54) is 28.8 Å². The van der Waals surface area contributed by atoms with Crippen LogP contribution in [-0.4, -0.2) is 59.2 Å². The number of hydrogen-bond donors (Lipinski definition) is 2. The molecule has 2 N–H and O–H groups in total. The van der Waals surface area contributed by atoms with Crippen molar-refractivity contribution in [2.24, 2.45) is 0 Å². The first kappa shape index (κ1) is 21.4. The molecule has 0 radical (unpaired) electrons. The first-order chi connectivity index (χ1) is 14.6. The van der Waals surface area contributed by atoms with Gasteiger partial charge < -0.3 is 15.2 Å². The molecule has 0 spiro atoms. The van der Waals surface area contributed by atoms with E-state index in [4.69, 9.17) is 4.74 Å². The quantitative estimate of drug-likeness (QED) is 0.569. The summed E-state index contributed by atoms with van der Waals surface area (Å²) in [6.45, 7) is 2.19. The normalized spacial score (nSPS) is 17.2. The molecule has 4 rings (SSSR count). The number of carboxylic acid groups (broad SMARTS) is 1. The molecular weight excluding hydrogens is 447 g/mol. The molecule has 0 bridgehead atoms. The molecule has 1 aliphatic heterocycles. The Morgan fingerprint density at radius 1 is 1.39 bits per heavy atom. The molecule has 1 aliphatic rings. The molecular formula is C19H19FN4O5S2. The zero-order chi connectivity index (χ0) is 22.3. The fourth-order valence-corrected chi connectivity index (χ4v) is 5.33. The number of aromatic nitrogens is 2. The Balaban J connectivity index is 1.65. The van der Waals surface area contributed by atoms with E-state index in [9.17, 15) is 22.7 Å². The van der Waals surface area contributed by atoms with E-state index in [1.54, 1.807) is 6.92 Å². The van der Waals surface area contributed by atoms with Crippen LogP contribution >= 0.6 is 11.3 Å². The number of benzene rings is 1. The Kier molecular flexibility index (Phi) is 5.54. The summed E-state index contributed by atoms with van der Waals surface area (Å²) in [6.07, 6.45) is 2.51. The van der Waals surface area contributed by atoms with Gasteiger partial charge in [0.15, 0.2) is 0 Å². The number of hydrogen-bond acceptors (Lipinski definition) is 8. The number of nitrogens with zero attached hydrogens (tertiary/aromatic N) is 3. The highest BCUT2D eigenvalue weighted by atomic mass is 32.2. The molecule has 9 nitrogen and oxygen atoms in total. The number of thiophene rings is 1. The second-order valence-corrected chi connectivity index (χ2v) is 10.2. The van der Waals surface area contributed by atoms with Crippen molar-refractivity contribution in [3.63, 3.8) is 0 Å². The Morgan fingerprint density at radius 2 is 2.16 bits per heavy atom. The summed E-state index contributed by atoms with van der Waals surface area (Å²) < 4.78 is 44.7. The van der Waals surface area contributed by atoms with E-state index < -0.39 is 27.9 Å². The zero-order valence-corrected chi connectivity index (χ0v) is 18.3. The second kappa shape index (κ2) is 8.02. The van der Waals surface area contributed by atoms with Crippen molar-refractivity contribution in [1.82, 2.24) is 14.3 Å². The summed E-state index contributed by atoms with van der Waals surface area (Å²) in [7, 11) is -3.33. The van der Waals surface area contributed by atoms with Gasteiger partial charge >= 0.3 is 5.97 Å². The van der Waals surface area contributed by atoms with E-state index in [0.29, 0.717) is 40.3 Å². The van der Waals surface area contributed by atoms with Gasteiger partial charge in [-0.05, 0) is 31.0 Å². The molecule has 31 heavy (non-hydrogen) atoms. The number of halogens is 1. The van der Waals surface area contributed by atoms with Crippen molar-refractivity contribution in [2.75, 3.05) is 24.7 Å². The van der Waals surface area contributed by atoms with E-state index in [2.05, 4.69) is 15.3 Å². The smallest absolute Gasteiger partial charge is 0.346 e. The molecule has 1 aromatic carbocycles. The predicted molar refractivity (Wildman–Crippen MR) is 114 cm³/mol. The van der Waals surface area contributed by atoms with E-state index in [0.717, 1.165) is 17.6 Å². The summed E-state index contributed by atoms with van der Waals surface area (Å²) >= 11 is 1.05. The molecule has 12 heteroatoms. The maximum atomic E-state index is 13.9. The van der Waals surface area contributed by atoms with Crippen LogP contribution in [0.5, 0.6) is 5.75 Å². The number of nitrogens with one attached hydrogen (secondary N) is 1. The fourth-order valence-electron chi connectivity index (χ4n) is 3.47. The van der Waals surface area contributed by atoms with Crippen LogP contribution in [0.4, 0.5) is 15.9 Å². The number of anilines is 2. The van der Waals surface area contributed by atoms with Crippen LogP contribution in [0, 0.1) is 12.7 Å². The average molecular weight is 467 g/mol. The molecule has 3 heterocycles. The summed E-state index contributed by atoms with van der Waals surface area (Å²) in [5.41, 5.74) is 0.946. The standard InChI is InChI=1S/C19H19FN4O5S2/c1-10-15-17(21-9-22-18(15)30-16(10)19(25)26)23-13-4-3-11(20)7-14(13)29-12-5-6-24(8-12)31(2,27)28/h3-4,7,9,12H,5-6,8H2,1-2H3,(H,25,26)(H,21,22,23). The van der Waals surface area contributed by atoms with Crippen molar-refractivity contribution in [3.05, 3.63) is 40.8 Å². The van der Waals surface area contributed by atoms with Crippen LogP contribution in [0.3, 0.4) is 0 Å². The predicted octanol–water partition coefficient (Wildman–Crippen LogP) is 2.99. The van der Waals surface area contributed by atoms with Gasteiger partial charge in [-0.25, -0.2) is 27.6 Å². The number of carbonyl (C=O) groups is 1. The SMILES string of the molecule is Cc1c(C(=O)O)sc2ncnc(Nc3ccc(F)cc3OC3CCN(S(C)(=O)=O)C3)c12. The zero-order valence-electron chi connectivity index (χ0n) is 16.6. The van der Waals surface area contributed by atoms with Gasteiger partial charge in [0.2, 0.25) is 10.0 Å². The molecule has 1 atom stereocenters. The van der Waals surface area contributed by atoms with Crippen LogP contribution < -0.4 is 10.1 Å². The first-order valence-electron chi connectivity index (χ1n) is 9.29. The number of ether oxygens (including phenoxy) is 1. The lowest BCUT2D eigenvalue weighted by atomic mass is 10.2. The second-order valence-electron chi connectivity index (χ2n) is 7.18. The molecule has 3 aromatic rings. The Morgan fingerprint density at radius 3 is 2.84 bits per heavy atom. The van der Waals surface area contributed by atoms with E-state index >= 15 is 0 Å². The lowest BCUT2D eigenvalue weighted by Gasteiger charge is -2.18. The van der Waals surface area contributed by atoms with E-state index in [1.807, 2.05) is 0 Å². The minimum Gasteiger partial charge on any atom is -0.487 e. The summed E-state index contributed by atoms with van der Waals surface area (Å²) in [4.78, 5) is 20.5. The number of aryl methyl sites for hydroxylation is 1. The molecule has 0 aliphatic carbocycles. The van der Waals surface area contributed by atoms with Gasteiger partial charge in [0.1, 0.15) is 39.5 Å². The monoisotopic (exact) mass is 466 g/mol. The number of fused-ring (bicyclic) bond motifs is 1. The van der Waals surface area contributed by atoms with Crippen LogP contribution in [0.15, 0.2) is 24.5 Å². The third-order valence-electron chi connectivity index (χ3n) is 4.99. The lowest BCUT2D eigenvalue weighted by molar-refractivity contribution is 0.0701. The fraction of sp³-hybridized carbons (Fsp3) is 0.316. The largest absolute Gasteiger partial charge is 0.487 e. The minimum absolute atomic E-state index is 0.168. The Bertz CT molecular complexity index is 1280. The highest BCUT2D eigenvalue weighted by Crippen LogP contribution is 2.37. The number of carboxylic acids is 1. The summed E-state index contributed by atoms with van der Waals surface area (Å²) in [5.74, 6) is -0.981. The molecule has 2 aromatic heterocycles. The van der Waals surface area contributed by atoms with Crippen molar-refractivity contribution in [1.29, 1.82) is 0 Å². The third kappa shape index (κ3) is 4.31. The van der Waals surface area contributed by atoms with Gasteiger partial charge in [0.05, 0.1) is 23.9 Å². The highest BCUT2D eigenvalue weighted by molar-refractivity contribution is 7.88. The molecule has 1 fully saturated rings. The molecule has 1 saturated heterocycles. The van der Waals surface area contributed by atoms with Crippen molar-refractivity contribution >= 4 is 49.1 Å². The minimum atomic E-state index is -3.33. The number of rotatable bonds is 6. The summed E-state index contributed by atoms with van der Waals surface area (Å²) in [5, 5.41) is 13.0. The molecule has 0 amide bonds. The Labute approximate surface area is 181 Å². The van der Waals surface area contributed by atoms with Gasteiger partial charge in [0.25, 0.3) is 0 Å². The van der Waals surface area contributed by atoms with Crippen LogP contribution in [0.1, 0.15) is 21.7 Å². The Hall–Kier alpha value is -2.83.